The maximum Gasteiger partial charge on any atom is 0.137 e. The van der Waals surface area contributed by atoms with Crippen molar-refractivity contribution in [3.63, 3.8) is 0 Å². The van der Waals surface area contributed by atoms with Gasteiger partial charge in [0.1, 0.15) is 23.7 Å². The van der Waals surface area contributed by atoms with Crippen LogP contribution in [0.25, 0.3) is 10.9 Å². The monoisotopic (exact) mass is 295 g/mol. The predicted molar refractivity (Wildman–Crippen MR) is 82.3 cm³/mol. The topological polar surface area (TPSA) is 58.0 Å². The van der Waals surface area contributed by atoms with Crippen molar-refractivity contribution in [3.05, 3.63) is 59.7 Å². The molecule has 3 aromatic rings. The van der Waals surface area contributed by atoms with Crippen molar-refractivity contribution >= 4 is 16.7 Å². The molecule has 1 aromatic heterocycles. The van der Waals surface area contributed by atoms with Gasteiger partial charge in [0.2, 0.25) is 0 Å². The van der Waals surface area contributed by atoms with Crippen LogP contribution in [0.2, 0.25) is 0 Å². The third-order valence-corrected chi connectivity index (χ3v) is 4.11. The number of nitrogens with zero attached hydrogens (tertiary/aromatic N) is 2. The largest absolute Gasteiger partial charge is 0.508 e. The van der Waals surface area contributed by atoms with E-state index < -0.39 is 0 Å². The lowest BCUT2D eigenvalue weighted by atomic mass is 10.1. The first kappa shape index (κ1) is 13.0. The zero-order chi connectivity index (χ0) is 15.1. The number of phenolic OH excluding ortho intramolecular Hbond substituents is 1. The third-order valence-electron chi connectivity index (χ3n) is 4.11. The molecule has 0 fully saturated rings. The van der Waals surface area contributed by atoms with Gasteiger partial charge in [0.15, 0.2) is 0 Å². The fourth-order valence-corrected chi connectivity index (χ4v) is 3.06. The van der Waals surface area contributed by atoms with Crippen LogP contribution in [0.5, 0.6) is 5.75 Å². The number of hydrogen-bond donors (Lipinski definition) is 2. The van der Waals surface area contributed by atoms with Crippen LogP contribution in [-0.2, 0) is 6.42 Å². The molecule has 0 spiro atoms. The summed E-state index contributed by atoms with van der Waals surface area (Å²) in [7, 11) is 0. The van der Waals surface area contributed by atoms with Crippen molar-refractivity contribution < 1.29 is 9.50 Å². The second-order valence-electron chi connectivity index (χ2n) is 5.50. The number of benzene rings is 2. The third kappa shape index (κ3) is 2.15. The Kier molecular flexibility index (Phi) is 2.92. The smallest absolute Gasteiger partial charge is 0.137 e. The lowest BCUT2D eigenvalue weighted by Crippen LogP contribution is -2.09. The minimum atomic E-state index is -0.304. The van der Waals surface area contributed by atoms with Crippen LogP contribution in [0.3, 0.4) is 0 Å². The number of rotatable bonds is 2. The Hall–Kier alpha value is -2.69. The van der Waals surface area contributed by atoms with E-state index in [-0.39, 0.29) is 17.6 Å². The Labute approximate surface area is 126 Å². The second kappa shape index (κ2) is 4.94. The van der Waals surface area contributed by atoms with Gasteiger partial charge in [-0.15, -0.1) is 0 Å². The number of aromatic hydroxyl groups is 1. The highest BCUT2D eigenvalue weighted by Crippen LogP contribution is 2.36. The maximum absolute atomic E-state index is 13.5. The Bertz CT molecular complexity index is 866. The predicted octanol–water partition coefficient (Wildman–Crippen LogP) is 3.57. The van der Waals surface area contributed by atoms with E-state index in [1.54, 1.807) is 18.2 Å². The van der Waals surface area contributed by atoms with Crippen LogP contribution in [0, 0.1) is 5.82 Å². The maximum atomic E-state index is 13.5. The van der Waals surface area contributed by atoms with Crippen LogP contribution in [0.15, 0.2) is 42.7 Å². The summed E-state index contributed by atoms with van der Waals surface area (Å²) >= 11 is 0. The van der Waals surface area contributed by atoms with Gasteiger partial charge in [0.25, 0.3) is 0 Å². The first-order valence-electron chi connectivity index (χ1n) is 7.19. The highest BCUT2D eigenvalue weighted by atomic mass is 19.1. The molecule has 2 aromatic carbocycles. The van der Waals surface area contributed by atoms with Gasteiger partial charge >= 0.3 is 0 Å². The Morgan fingerprint density at radius 1 is 1.14 bits per heavy atom. The lowest BCUT2D eigenvalue weighted by molar-refractivity contribution is 0.474. The summed E-state index contributed by atoms with van der Waals surface area (Å²) in [5.41, 5.74) is 3.01. The molecular weight excluding hydrogens is 281 g/mol. The van der Waals surface area contributed by atoms with E-state index in [9.17, 15) is 9.50 Å². The van der Waals surface area contributed by atoms with E-state index in [0.717, 1.165) is 24.0 Å². The normalized spacial score (nSPS) is 16.7. The number of halogens is 1. The summed E-state index contributed by atoms with van der Waals surface area (Å²) < 4.78 is 13.5. The molecule has 0 radical (unpaired) electrons. The molecule has 110 valence electrons. The van der Waals surface area contributed by atoms with Gasteiger partial charge in [0.05, 0.1) is 11.6 Å². The minimum absolute atomic E-state index is 0.108. The van der Waals surface area contributed by atoms with Gasteiger partial charge in [-0.25, -0.2) is 14.4 Å². The number of phenols is 1. The minimum Gasteiger partial charge on any atom is -0.508 e. The molecule has 0 bridgehead atoms. The first-order valence-corrected chi connectivity index (χ1v) is 7.19. The van der Waals surface area contributed by atoms with Crippen molar-refractivity contribution in [3.8, 4) is 5.75 Å². The van der Waals surface area contributed by atoms with Gasteiger partial charge in [-0.2, -0.15) is 0 Å². The number of hydrogen-bond acceptors (Lipinski definition) is 4. The molecule has 0 saturated heterocycles. The van der Waals surface area contributed by atoms with Crippen LogP contribution < -0.4 is 5.32 Å². The molecule has 1 atom stereocenters. The molecule has 4 nitrogen and oxygen atoms in total. The Balaban J connectivity index is 1.72. The molecule has 1 aliphatic rings. The van der Waals surface area contributed by atoms with E-state index >= 15 is 0 Å². The summed E-state index contributed by atoms with van der Waals surface area (Å²) in [5, 5.41) is 13.6. The number of fused-ring (bicyclic) bond motifs is 2. The molecule has 5 heteroatoms. The Morgan fingerprint density at radius 3 is 2.95 bits per heavy atom. The van der Waals surface area contributed by atoms with Crippen molar-refractivity contribution in [2.75, 3.05) is 5.32 Å². The average molecular weight is 295 g/mol. The van der Waals surface area contributed by atoms with E-state index in [1.807, 2.05) is 6.07 Å². The molecule has 1 aliphatic carbocycles. The molecule has 22 heavy (non-hydrogen) atoms. The number of aryl methyl sites for hydroxylation is 1. The van der Waals surface area contributed by atoms with Crippen molar-refractivity contribution in [2.45, 2.75) is 18.9 Å². The fraction of sp³-hybridized carbons (Fsp3) is 0.176. The van der Waals surface area contributed by atoms with Gasteiger partial charge in [-0.3, -0.25) is 0 Å². The van der Waals surface area contributed by atoms with Crippen LogP contribution in [-0.4, -0.2) is 15.1 Å². The first-order chi connectivity index (χ1) is 10.7. The van der Waals surface area contributed by atoms with E-state index in [0.29, 0.717) is 16.7 Å². The molecular formula is C17H14FN3O. The number of anilines is 1. The molecule has 0 aliphatic heterocycles. The molecule has 0 amide bonds. The molecule has 1 heterocycles. The zero-order valence-corrected chi connectivity index (χ0v) is 11.8. The van der Waals surface area contributed by atoms with Crippen LogP contribution in [0.1, 0.15) is 23.6 Å². The van der Waals surface area contributed by atoms with E-state index in [2.05, 4.69) is 15.3 Å². The van der Waals surface area contributed by atoms with Crippen molar-refractivity contribution in [1.82, 2.24) is 9.97 Å². The zero-order valence-electron chi connectivity index (χ0n) is 11.8. The van der Waals surface area contributed by atoms with Gasteiger partial charge in [-0.1, -0.05) is 6.07 Å². The number of aromatic nitrogens is 2. The van der Waals surface area contributed by atoms with Crippen LogP contribution >= 0.6 is 0 Å². The standard InChI is InChI=1S/C17H14FN3O/c18-11-2-6-15-14(8-11)17(20-9-19-15)21-16-5-1-10-7-12(22)3-4-13(10)16/h2-4,6-9,16,22H,1,5H2,(H,19,20,21). The summed E-state index contributed by atoms with van der Waals surface area (Å²) in [5.74, 6) is 0.617. The highest BCUT2D eigenvalue weighted by molar-refractivity contribution is 5.89. The van der Waals surface area contributed by atoms with Gasteiger partial charge in [0, 0.05) is 5.39 Å². The van der Waals surface area contributed by atoms with Crippen molar-refractivity contribution in [2.24, 2.45) is 0 Å². The lowest BCUT2D eigenvalue weighted by Gasteiger charge is -2.16. The van der Waals surface area contributed by atoms with Gasteiger partial charge in [-0.05, 0) is 54.3 Å². The fourth-order valence-electron chi connectivity index (χ4n) is 3.06. The average Bonchev–Trinajstić information content (AvgIpc) is 2.90. The molecule has 2 N–H and O–H groups in total. The quantitative estimate of drug-likeness (QED) is 0.759. The highest BCUT2D eigenvalue weighted by Gasteiger charge is 2.23. The van der Waals surface area contributed by atoms with Crippen molar-refractivity contribution in [1.29, 1.82) is 0 Å². The number of nitrogens with one attached hydrogen (secondary N) is 1. The SMILES string of the molecule is Oc1ccc2c(c1)CCC2Nc1ncnc2ccc(F)cc12. The second-order valence-corrected chi connectivity index (χ2v) is 5.50. The summed E-state index contributed by atoms with van der Waals surface area (Å²) in [6.45, 7) is 0. The summed E-state index contributed by atoms with van der Waals surface area (Å²) in [6.07, 6.45) is 3.30. The molecule has 0 saturated carbocycles. The summed E-state index contributed by atoms with van der Waals surface area (Å²) in [4.78, 5) is 8.43. The van der Waals surface area contributed by atoms with E-state index in [4.69, 9.17) is 0 Å². The molecule has 4 rings (SSSR count). The Morgan fingerprint density at radius 2 is 2.05 bits per heavy atom. The van der Waals surface area contributed by atoms with Crippen LogP contribution in [0.4, 0.5) is 10.2 Å². The van der Waals surface area contributed by atoms with Gasteiger partial charge < -0.3 is 10.4 Å². The molecule has 1 unspecified atom stereocenters. The van der Waals surface area contributed by atoms with E-state index in [1.165, 1.54) is 18.5 Å². The summed E-state index contributed by atoms with van der Waals surface area (Å²) in [6, 6.07) is 10.0.